The van der Waals surface area contributed by atoms with Crippen LogP contribution in [0.2, 0.25) is 0 Å². The molecule has 4 heteroatoms. The van der Waals surface area contributed by atoms with Gasteiger partial charge in [0.15, 0.2) is 0 Å². The van der Waals surface area contributed by atoms with E-state index in [0.29, 0.717) is 11.9 Å². The van der Waals surface area contributed by atoms with Crippen molar-refractivity contribution in [2.45, 2.75) is 30.6 Å². The Kier molecular flexibility index (Phi) is 4.32. The van der Waals surface area contributed by atoms with Gasteiger partial charge >= 0.3 is 0 Å². The van der Waals surface area contributed by atoms with Crippen molar-refractivity contribution >= 4 is 17.7 Å². The van der Waals surface area contributed by atoms with Gasteiger partial charge in [0.1, 0.15) is 5.25 Å². The van der Waals surface area contributed by atoms with Gasteiger partial charge in [0.25, 0.3) is 0 Å². The Morgan fingerprint density at radius 3 is 3.15 bits per heavy atom. The molecule has 2 atom stereocenters. The molecule has 1 saturated heterocycles. The summed E-state index contributed by atoms with van der Waals surface area (Å²) in [6.45, 7) is 1.83. The van der Waals surface area contributed by atoms with E-state index in [1.165, 1.54) is 11.1 Å². The standard InChI is InChI=1S/C16H22N2OS/c1-17-11-13-6-4-9-18(13)16(19)15-14-7-3-2-5-12(14)8-10-20-15/h2-3,5,7,13,15,17H,4,6,8-11H2,1H3. The molecule has 108 valence electrons. The Bertz CT molecular complexity index is 491. The minimum Gasteiger partial charge on any atom is -0.337 e. The van der Waals surface area contributed by atoms with Crippen molar-refractivity contribution in [1.82, 2.24) is 10.2 Å². The molecule has 1 N–H and O–H groups in total. The number of likely N-dealkylation sites (N-methyl/N-ethyl adjacent to an activating group) is 1. The van der Waals surface area contributed by atoms with E-state index >= 15 is 0 Å². The fourth-order valence-electron chi connectivity index (χ4n) is 3.32. The largest absolute Gasteiger partial charge is 0.337 e. The molecule has 0 bridgehead atoms. The average molecular weight is 290 g/mol. The second-order valence-electron chi connectivity index (χ2n) is 5.59. The average Bonchev–Trinajstić information content (AvgIpc) is 2.94. The van der Waals surface area contributed by atoms with Crippen LogP contribution in [0.1, 0.15) is 29.2 Å². The Balaban J connectivity index is 1.81. The third-order valence-electron chi connectivity index (χ3n) is 4.32. The number of aryl methyl sites for hydroxylation is 1. The van der Waals surface area contributed by atoms with E-state index in [1.807, 2.05) is 18.8 Å². The van der Waals surface area contributed by atoms with Crippen LogP contribution in [-0.4, -0.2) is 42.7 Å². The minimum absolute atomic E-state index is 0.0115. The highest BCUT2D eigenvalue weighted by atomic mass is 32.2. The summed E-state index contributed by atoms with van der Waals surface area (Å²) < 4.78 is 0. The molecule has 0 aliphatic carbocycles. The lowest BCUT2D eigenvalue weighted by Crippen LogP contribution is -2.43. The lowest BCUT2D eigenvalue weighted by molar-refractivity contribution is -0.131. The highest BCUT2D eigenvalue weighted by molar-refractivity contribution is 8.00. The SMILES string of the molecule is CNCC1CCCN1C(=O)C1SCCc2ccccc21. The zero-order valence-electron chi connectivity index (χ0n) is 12.0. The lowest BCUT2D eigenvalue weighted by Gasteiger charge is -2.31. The Morgan fingerprint density at radius 1 is 1.45 bits per heavy atom. The molecular weight excluding hydrogens is 268 g/mol. The number of carbonyl (C=O) groups is 1. The number of hydrogen-bond acceptors (Lipinski definition) is 3. The van der Waals surface area contributed by atoms with Gasteiger partial charge in [0.2, 0.25) is 5.91 Å². The van der Waals surface area contributed by atoms with E-state index in [9.17, 15) is 4.79 Å². The van der Waals surface area contributed by atoms with E-state index in [2.05, 4.69) is 34.5 Å². The van der Waals surface area contributed by atoms with Crippen LogP contribution in [0.4, 0.5) is 0 Å². The number of benzene rings is 1. The zero-order chi connectivity index (χ0) is 13.9. The summed E-state index contributed by atoms with van der Waals surface area (Å²) in [5, 5.41) is 3.23. The van der Waals surface area contributed by atoms with Crippen LogP contribution in [0.25, 0.3) is 0 Å². The predicted molar refractivity (Wildman–Crippen MR) is 84.0 cm³/mol. The van der Waals surface area contributed by atoms with Crippen molar-refractivity contribution in [3.05, 3.63) is 35.4 Å². The number of nitrogens with one attached hydrogen (secondary N) is 1. The number of rotatable bonds is 3. The zero-order valence-corrected chi connectivity index (χ0v) is 12.8. The van der Waals surface area contributed by atoms with Gasteiger partial charge in [-0.3, -0.25) is 4.79 Å². The maximum Gasteiger partial charge on any atom is 0.240 e. The summed E-state index contributed by atoms with van der Waals surface area (Å²) in [7, 11) is 1.96. The maximum atomic E-state index is 12.9. The van der Waals surface area contributed by atoms with Crippen LogP contribution < -0.4 is 5.32 Å². The van der Waals surface area contributed by atoms with Gasteiger partial charge in [0.05, 0.1) is 0 Å². The molecule has 1 fully saturated rings. The molecule has 2 aliphatic rings. The van der Waals surface area contributed by atoms with Crippen molar-refractivity contribution in [1.29, 1.82) is 0 Å². The number of amides is 1. The van der Waals surface area contributed by atoms with E-state index in [1.54, 1.807) is 0 Å². The van der Waals surface area contributed by atoms with Crippen molar-refractivity contribution in [2.75, 3.05) is 25.9 Å². The molecule has 1 aromatic carbocycles. The molecular formula is C16H22N2OS. The number of likely N-dealkylation sites (tertiary alicyclic amines) is 1. The fraction of sp³-hybridized carbons (Fsp3) is 0.562. The molecule has 2 heterocycles. The van der Waals surface area contributed by atoms with Crippen molar-refractivity contribution in [3.8, 4) is 0 Å². The van der Waals surface area contributed by atoms with Crippen LogP contribution in [0, 0.1) is 0 Å². The number of nitrogens with zero attached hydrogens (tertiary/aromatic N) is 1. The molecule has 0 radical (unpaired) electrons. The first-order chi connectivity index (χ1) is 9.81. The molecule has 0 aromatic heterocycles. The predicted octanol–water partition coefficient (Wildman–Crippen LogP) is 2.23. The van der Waals surface area contributed by atoms with Gasteiger partial charge in [-0.25, -0.2) is 0 Å². The van der Waals surface area contributed by atoms with Crippen LogP contribution in [0.15, 0.2) is 24.3 Å². The molecule has 0 saturated carbocycles. The highest BCUT2D eigenvalue weighted by Crippen LogP contribution is 2.39. The summed E-state index contributed by atoms with van der Waals surface area (Å²) >= 11 is 1.81. The fourth-order valence-corrected chi connectivity index (χ4v) is 4.58. The van der Waals surface area contributed by atoms with Crippen molar-refractivity contribution in [2.24, 2.45) is 0 Å². The number of fused-ring (bicyclic) bond motifs is 1. The maximum absolute atomic E-state index is 12.9. The van der Waals surface area contributed by atoms with E-state index < -0.39 is 0 Å². The normalized spacial score (nSPS) is 25.6. The van der Waals surface area contributed by atoms with Crippen LogP contribution in [0.5, 0.6) is 0 Å². The van der Waals surface area contributed by atoms with Crippen LogP contribution >= 0.6 is 11.8 Å². The van der Waals surface area contributed by atoms with Crippen LogP contribution in [0.3, 0.4) is 0 Å². The molecule has 3 nitrogen and oxygen atoms in total. The first-order valence-electron chi connectivity index (χ1n) is 7.45. The smallest absolute Gasteiger partial charge is 0.240 e. The molecule has 0 spiro atoms. The van der Waals surface area contributed by atoms with Gasteiger partial charge in [0, 0.05) is 19.1 Å². The van der Waals surface area contributed by atoms with Gasteiger partial charge < -0.3 is 10.2 Å². The summed E-state index contributed by atoms with van der Waals surface area (Å²) in [6, 6.07) is 8.82. The molecule has 1 aromatic rings. The number of hydrogen-bond donors (Lipinski definition) is 1. The number of carbonyl (C=O) groups excluding carboxylic acids is 1. The van der Waals surface area contributed by atoms with Crippen molar-refractivity contribution in [3.63, 3.8) is 0 Å². The molecule has 2 unspecified atom stereocenters. The quantitative estimate of drug-likeness (QED) is 0.926. The molecule has 20 heavy (non-hydrogen) atoms. The van der Waals surface area contributed by atoms with Gasteiger partial charge in [-0.05, 0) is 43.2 Å². The van der Waals surface area contributed by atoms with Gasteiger partial charge in [-0.1, -0.05) is 24.3 Å². The minimum atomic E-state index is 0.0115. The molecule has 3 rings (SSSR count). The summed E-state index contributed by atoms with van der Waals surface area (Å²) in [4.78, 5) is 15.0. The summed E-state index contributed by atoms with van der Waals surface area (Å²) in [5.41, 5.74) is 2.60. The highest BCUT2D eigenvalue weighted by Gasteiger charge is 2.35. The summed E-state index contributed by atoms with van der Waals surface area (Å²) in [5.74, 6) is 1.37. The molecule has 1 amide bonds. The number of thioether (sulfide) groups is 1. The first kappa shape index (κ1) is 14.0. The second-order valence-corrected chi connectivity index (χ2v) is 6.80. The topological polar surface area (TPSA) is 32.3 Å². The summed E-state index contributed by atoms with van der Waals surface area (Å²) in [6.07, 6.45) is 3.35. The Labute approximate surface area is 125 Å². The lowest BCUT2D eigenvalue weighted by atomic mass is 10.0. The van der Waals surface area contributed by atoms with E-state index in [-0.39, 0.29) is 5.25 Å². The van der Waals surface area contributed by atoms with Crippen molar-refractivity contribution < 1.29 is 4.79 Å². The molecule has 2 aliphatic heterocycles. The van der Waals surface area contributed by atoms with Gasteiger partial charge in [-0.15, -0.1) is 11.8 Å². The Hall–Kier alpha value is -1.00. The third-order valence-corrected chi connectivity index (χ3v) is 5.55. The van der Waals surface area contributed by atoms with E-state index in [0.717, 1.165) is 38.1 Å². The third kappa shape index (κ3) is 2.59. The van der Waals surface area contributed by atoms with Crippen LogP contribution in [-0.2, 0) is 11.2 Å². The monoisotopic (exact) mass is 290 g/mol. The van der Waals surface area contributed by atoms with E-state index in [4.69, 9.17) is 0 Å². The van der Waals surface area contributed by atoms with Gasteiger partial charge in [-0.2, -0.15) is 0 Å². The second kappa shape index (κ2) is 6.19. The Morgan fingerprint density at radius 2 is 2.30 bits per heavy atom. The first-order valence-corrected chi connectivity index (χ1v) is 8.50.